The van der Waals surface area contributed by atoms with E-state index in [9.17, 15) is 26.4 Å². The van der Waals surface area contributed by atoms with Gasteiger partial charge in [-0.25, -0.2) is 18.4 Å². The van der Waals surface area contributed by atoms with Gasteiger partial charge in [-0.1, -0.05) is 0 Å². The second-order valence-corrected chi connectivity index (χ2v) is 4.92. The molecule has 0 aliphatic carbocycles. The summed E-state index contributed by atoms with van der Waals surface area (Å²) in [6, 6.07) is 1.79. The zero-order valence-corrected chi connectivity index (χ0v) is 10.8. The molecule has 2 N–H and O–H groups in total. The Kier molecular flexibility index (Phi) is 4.55. The fourth-order valence-corrected chi connectivity index (χ4v) is 1.82. The lowest BCUT2D eigenvalue weighted by molar-refractivity contribution is -0.154. The maximum atomic E-state index is 12.0. The van der Waals surface area contributed by atoms with Crippen LogP contribution in [0.3, 0.4) is 0 Å². The summed E-state index contributed by atoms with van der Waals surface area (Å²) in [7, 11) is -3.45. The average Bonchev–Trinajstić information content (AvgIpc) is 2.33. The first kappa shape index (κ1) is 16.2. The van der Waals surface area contributed by atoms with Crippen molar-refractivity contribution in [2.24, 2.45) is 5.14 Å². The number of methoxy groups -OCH3 is 1. The highest BCUT2D eigenvalue weighted by Gasteiger charge is 2.29. The van der Waals surface area contributed by atoms with E-state index >= 15 is 0 Å². The third kappa shape index (κ3) is 4.35. The van der Waals surface area contributed by atoms with Crippen molar-refractivity contribution in [2.75, 3.05) is 13.7 Å². The van der Waals surface area contributed by atoms with Crippen LogP contribution < -0.4 is 9.88 Å². The van der Waals surface area contributed by atoms with Gasteiger partial charge in [-0.15, -0.1) is 0 Å². The Morgan fingerprint density at radius 2 is 2.00 bits per heavy atom. The zero-order valence-electron chi connectivity index (χ0n) is 9.97. The summed E-state index contributed by atoms with van der Waals surface area (Å²) in [5.41, 5.74) is -0.505. The average molecular weight is 314 g/mol. The summed E-state index contributed by atoms with van der Waals surface area (Å²) in [5, 5.41) is 3.90. The third-order valence-corrected chi connectivity index (χ3v) is 2.74. The van der Waals surface area contributed by atoms with Gasteiger partial charge in [-0.3, -0.25) is 0 Å². The number of nitrogens with zero attached hydrogens (tertiary/aromatic N) is 1. The van der Waals surface area contributed by atoms with Crippen molar-refractivity contribution in [3.05, 3.63) is 17.7 Å². The monoisotopic (exact) mass is 314 g/mol. The van der Waals surface area contributed by atoms with Crippen molar-refractivity contribution in [3.8, 4) is 5.88 Å². The number of rotatable bonds is 4. The Morgan fingerprint density at radius 1 is 1.40 bits per heavy atom. The largest absolute Gasteiger partial charge is 0.468 e. The molecule has 0 saturated carbocycles. The fourth-order valence-electron chi connectivity index (χ4n) is 1.14. The molecule has 1 rings (SSSR count). The lowest BCUT2D eigenvalue weighted by Crippen LogP contribution is -2.22. The third-order valence-electron chi connectivity index (χ3n) is 1.89. The smallest absolute Gasteiger partial charge is 0.422 e. The first-order chi connectivity index (χ1) is 9.04. The Balaban J connectivity index is 3.19. The first-order valence-corrected chi connectivity index (χ1v) is 6.41. The highest BCUT2D eigenvalue weighted by Crippen LogP contribution is 2.20. The van der Waals surface area contributed by atoms with Crippen molar-refractivity contribution >= 4 is 16.0 Å². The first-order valence-electron chi connectivity index (χ1n) is 4.86. The lowest BCUT2D eigenvalue weighted by atomic mass is 10.3. The van der Waals surface area contributed by atoms with Crippen LogP contribution in [0.15, 0.2) is 17.2 Å². The van der Waals surface area contributed by atoms with Gasteiger partial charge < -0.3 is 9.47 Å². The SMILES string of the molecule is COC(=O)c1ccc(OCC(F)(F)F)nc1S(N)(=O)=O. The molecule has 0 spiro atoms. The summed E-state index contributed by atoms with van der Waals surface area (Å²) >= 11 is 0. The van der Waals surface area contributed by atoms with Gasteiger partial charge in [0.25, 0.3) is 10.0 Å². The molecule has 1 heterocycles. The number of hydrogen-bond donors (Lipinski definition) is 1. The number of hydrogen-bond acceptors (Lipinski definition) is 6. The highest BCUT2D eigenvalue weighted by molar-refractivity contribution is 7.89. The van der Waals surface area contributed by atoms with Crippen molar-refractivity contribution < 1.29 is 35.9 Å². The number of pyridine rings is 1. The molecule has 0 fully saturated rings. The van der Waals surface area contributed by atoms with Crippen LogP contribution >= 0.6 is 0 Å². The molecule has 11 heteroatoms. The van der Waals surface area contributed by atoms with Crippen molar-refractivity contribution in [2.45, 2.75) is 11.2 Å². The quantitative estimate of drug-likeness (QED) is 0.809. The van der Waals surface area contributed by atoms with Gasteiger partial charge >= 0.3 is 12.1 Å². The maximum absolute atomic E-state index is 12.0. The number of alkyl halides is 3. The lowest BCUT2D eigenvalue weighted by Gasteiger charge is -2.10. The van der Waals surface area contributed by atoms with E-state index in [1.54, 1.807) is 0 Å². The van der Waals surface area contributed by atoms with Gasteiger partial charge in [-0.05, 0) is 6.07 Å². The molecule has 0 bridgehead atoms. The summed E-state index contributed by atoms with van der Waals surface area (Å²) in [6.07, 6.45) is -4.62. The van der Waals surface area contributed by atoms with E-state index < -0.39 is 45.2 Å². The van der Waals surface area contributed by atoms with Crippen LogP contribution in [0.2, 0.25) is 0 Å². The summed E-state index contributed by atoms with van der Waals surface area (Å²) < 4.78 is 67.0. The predicted octanol–water partition coefficient (Wildman–Crippen LogP) is 0.457. The van der Waals surface area contributed by atoms with E-state index in [0.29, 0.717) is 0 Å². The number of carbonyl (C=O) groups is 1. The standard InChI is InChI=1S/C9H9F3N2O5S/c1-18-8(15)5-2-3-6(19-4-9(10,11)12)14-7(5)20(13,16)17/h2-3H,4H2,1H3,(H2,13,16,17). The minimum Gasteiger partial charge on any atom is -0.468 e. The van der Waals surface area contributed by atoms with Gasteiger partial charge in [0.15, 0.2) is 11.6 Å². The van der Waals surface area contributed by atoms with Gasteiger partial charge in [0.1, 0.15) is 0 Å². The van der Waals surface area contributed by atoms with Gasteiger partial charge in [0.2, 0.25) is 5.88 Å². The Morgan fingerprint density at radius 3 is 2.45 bits per heavy atom. The number of halogens is 3. The molecule has 0 aliphatic heterocycles. The molecule has 1 aromatic heterocycles. The molecule has 0 atom stereocenters. The number of ether oxygens (including phenoxy) is 2. The van der Waals surface area contributed by atoms with Crippen LogP contribution in [0.25, 0.3) is 0 Å². The van der Waals surface area contributed by atoms with Crippen LogP contribution in [0.1, 0.15) is 10.4 Å². The van der Waals surface area contributed by atoms with Crippen molar-refractivity contribution in [3.63, 3.8) is 0 Å². The van der Waals surface area contributed by atoms with E-state index in [4.69, 9.17) is 5.14 Å². The highest BCUT2D eigenvalue weighted by atomic mass is 32.2. The molecule has 7 nitrogen and oxygen atoms in total. The number of primary sulfonamides is 1. The van der Waals surface area contributed by atoms with Gasteiger partial charge in [0.05, 0.1) is 12.7 Å². The van der Waals surface area contributed by atoms with Gasteiger partial charge in [0, 0.05) is 6.07 Å². The number of nitrogens with two attached hydrogens (primary N) is 1. The number of esters is 1. The Bertz CT molecular complexity index is 614. The zero-order chi connectivity index (χ0) is 15.6. The molecular formula is C9H9F3N2O5S. The maximum Gasteiger partial charge on any atom is 0.422 e. The summed E-state index contributed by atoms with van der Waals surface area (Å²) in [4.78, 5) is 14.6. The second-order valence-electron chi connectivity index (χ2n) is 3.44. The van der Waals surface area contributed by atoms with Crippen LogP contribution in [0.4, 0.5) is 13.2 Å². The van der Waals surface area contributed by atoms with Crippen LogP contribution in [0.5, 0.6) is 5.88 Å². The predicted molar refractivity (Wildman–Crippen MR) is 58.5 cm³/mol. The minimum atomic E-state index is -4.62. The number of sulfonamides is 1. The topological polar surface area (TPSA) is 109 Å². The Hall–Kier alpha value is -1.88. The Labute approximate surface area is 111 Å². The van der Waals surface area contributed by atoms with E-state index in [1.165, 1.54) is 0 Å². The molecule has 1 aromatic rings. The van der Waals surface area contributed by atoms with E-state index in [2.05, 4.69) is 14.5 Å². The molecule has 112 valence electrons. The van der Waals surface area contributed by atoms with Crippen molar-refractivity contribution in [1.29, 1.82) is 0 Å². The molecule has 0 aromatic carbocycles. The molecule has 0 aliphatic rings. The van der Waals surface area contributed by atoms with E-state index in [-0.39, 0.29) is 0 Å². The van der Waals surface area contributed by atoms with Crippen LogP contribution in [-0.2, 0) is 14.8 Å². The summed E-state index contributed by atoms with van der Waals surface area (Å²) in [6.45, 7) is -1.67. The number of carbonyl (C=O) groups excluding carboxylic acids is 1. The molecule has 0 saturated heterocycles. The second kappa shape index (κ2) is 5.63. The van der Waals surface area contributed by atoms with Crippen molar-refractivity contribution in [1.82, 2.24) is 4.98 Å². The molecular weight excluding hydrogens is 305 g/mol. The summed E-state index contributed by atoms with van der Waals surface area (Å²) in [5.74, 6) is -1.69. The molecule has 0 amide bonds. The van der Waals surface area contributed by atoms with E-state index in [1.807, 2.05) is 0 Å². The minimum absolute atomic E-state index is 0.505. The molecule has 20 heavy (non-hydrogen) atoms. The van der Waals surface area contributed by atoms with E-state index in [0.717, 1.165) is 19.2 Å². The molecule has 0 unspecified atom stereocenters. The number of aromatic nitrogens is 1. The van der Waals surface area contributed by atoms with Crippen LogP contribution in [-0.4, -0.2) is 39.3 Å². The molecule has 0 radical (unpaired) electrons. The van der Waals surface area contributed by atoms with Crippen LogP contribution in [0, 0.1) is 0 Å². The normalized spacial score (nSPS) is 12.1. The van der Waals surface area contributed by atoms with Gasteiger partial charge in [-0.2, -0.15) is 18.2 Å². The fraction of sp³-hybridized carbons (Fsp3) is 0.333.